The van der Waals surface area contributed by atoms with Gasteiger partial charge in [-0.25, -0.2) is 4.79 Å². The van der Waals surface area contributed by atoms with E-state index < -0.39 is 0 Å². The summed E-state index contributed by atoms with van der Waals surface area (Å²) in [7, 11) is 1.41. The molecule has 0 spiro atoms. The molecular weight excluding hydrogens is 202 g/mol. The smallest absolute Gasteiger partial charge is 0.337 e. The second-order valence-electron chi connectivity index (χ2n) is 4.13. The van der Waals surface area contributed by atoms with Gasteiger partial charge in [0.25, 0.3) is 0 Å². The number of carbonyl (C=O) groups excluding carboxylic acids is 1. The summed E-state index contributed by atoms with van der Waals surface area (Å²) in [5, 5.41) is 3.46. The maximum absolute atomic E-state index is 11.4. The summed E-state index contributed by atoms with van der Waals surface area (Å²) in [5.41, 5.74) is 3.19. The fourth-order valence-corrected chi connectivity index (χ4v) is 2.23. The van der Waals surface area contributed by atoms with Crippen LogP contribution in [0.4, 0.5) is 0 Å². The van der Waals surface area contributed by atoms with E-state index >= 15 is 0 Å². The van der Waals surface area contributed by atoms with Gasteiger partial charge in [0, 0.05) is 12.6 Å². The standard InChI is InChI=1S/C13H17NO2/c1-3-4-12-11-6-5-9(13(15)16-2)7-10(11)8-14-12/h5-7,12,14H,3-4,8H2,1-2H3. The number of rotatable bonds is 3. The summed E-state index contributed by atoms with van der Waals surface area (Å²) in [6, 6.07) is 6.28. The molecule has 0 saturated heterocycles. The lowest BCUT2D eigenvalue weighted by Gasteiger charge is -2.10. The van der Waals surface area contributed by atoms with E-state index in [1.54, 1.807) is 0 Å². The molecule has 3 nitrogen and oxygen atoms in total. The third kappa shape index (κ3) is 1.95. The lowest BCUT2D eigenvalue weighted by Crippen LogP contribution is -2.11. The van der Waals surface area contributed by atoms with Crippen molar-refractivity contribution in [3.05, 3.63) is 34.9 Å². The number of carbonyl (C=O) groups is 1. The van der Waals surface area contributed by atoms with Gasteiger partial charge in [0.15, 0.2) is 0 Å². The van der Waals surface area contributed by atoms with Gasteiger partial charge in [-0.3, -0.25) is 0 Å². The van der Waals surface area contributed by atoms with Crippen LogP contribution in [-0.4, -0.2) is 13.1 Å². The van der Waals surface area contributed by atoms with E-state index in [4.69, 9.17) is 4.74 Å². The largest absolute Gasteiger partial charge is 0.465 e. The average Bonchev–Trinajstić information content (AvgIpc) is 2.71. The molecule has 0 fully saturated rings. The lowest BCUT2D eigenvalue weighted by molar-refractivity contribution is 0.0600. The van der Waals surface area contributed by atoms with E-state index in [1.807, 2.05) is 18.2 Å². The lowest BCUT2D eigenvalue weighted by atomic mass is 9.99. The van der Waals surface area contributed by atoms with Crippen LogP contribution in [0.5, 0.6) is 0 Å². The number of esters is 1. The Labute approximate surface area is 95.8 Å². The first-order valence-corrected chi connectivity index (χ1v) is 5.70. The van der Waals surface area contributed by atoms with Gasteiger partial charge in [-0.2, -0.15) is 0 Å². The molecule has 1 aliphatic rings. The van der Waals surface area contributed by atoms with Crippen molar-refractivity contribution in [1.29, 1.82) is 0 Å². The van der Waals surface area contributed by atoms with Crippen molar-refractivity contribution < 1.29 is 9.53 Å². The van der Waals surface area contributed by atoms with Crippen LogP contribution in [0.25, 0.3) is 0 Å². The molecule has 3 heteroatoms. The van der Waals surface area contributed by atoms with Crippen LogP contribution in [-0.2, 0) is 11.3 Å². The van der Waals surface area contributed by atoms with Crippen LogP contribution in [0.1, 0.15) is 47.3 Å². The van der Waals surface area contributed by atoms with E-state index in [0.29, 0.717) is 11.6 Å². The van der Waals surface area contributed by atoms with E-state index in [2.05, 4.69) is 12.2 Å². The average molecular weight is 219 g/mol. The second-order valence-corrected chi connectivity index (χ2v) is 4.13. The third-order valence-electron chi connectivity index (χ3n) is 3.06. The predicted octanol–water partition coefficient (Wildman–Crippen LogP) is 2.42. The van der Waals surface area contributed by atoms with Gasteiger partial charge in [-0.05, 0) is 29.7 Å². The van der Waals surface area contributed by atoms with Crippen LogP contribution < -0.4 is 5.32 Å². The number of hydrogen-bond acceptors (Lipinski definition) is 3. The highest BCUT2D eigenvalue weighted by molar-refractivity contribution is 5.89. The zero-order valence-corrected chi connectivity index (χ0v) is 9.75. The minimum absolute atomic E-state index is 0.262. The van der Waals surface area contributed by atoms with Gasteiger partial charge in [0.1, 0.15) is 0 Å². The molecule has 0 amide bonds. The molecule has 1 aromatic carbocycles. The fraction of sp³-hybridized carbons (Fsp3) is 0.462. The second kappa shape index (κ2) is 4.66. The molecule has 0 bridgehead atoms. The van der Waals surface area contributed by atoms with Crippen LogP contribution >= 0.6 is 0 Å². The predicted molar refractivity (Wildman–Crippen MR) is 62.3 cm³/mol. The molecule has 2 rings (SSSR count). The van der Waals surface area contributed by atoms with Crippen molar-refractivity contribution in [3.63, 3.8) is 0 Å². The Balaban J connectivity index is 2.25. The number of ether oxygens (including phenoxy) is 1. The summed E-state index contributed by atoms with van der Waals surface area (Å²) in [6.07, 6.45) is 2.31. The highest BCUT2D eigenvalue weighted by atomic mass is 16.5. The molecule has 0 saturated carbocycles. The molecule has 0 aliphatic carbocycles. The molecule has 1 aliphatic heterocycles. The van der Waals surface area contributed by atoms with Crippen molar-refractivity contribution in [1.82, 2.24) is 5.32 Å². The Morgan fingerprint density at radius 2 is 2.38 bits per heavy atom. The maximum Gasteiger partial charge on any atom is 0.337 e. The summed E-state index contributed by atoms with van der Waals surface area (Å²) in [4.78, 5) is 11.4. The molecule has 86 valence electrons. The Kier molecular flexibility index (Phi) is 3.25. The van der Waals surface area contributed by atoms with Gasteiger partial charge in [-0.1, -0.05) is 19.4 Å². The van der Waals surface area contributed by atoms with Crippen molar-refractivity contribution in [2.75, 3.05) is 7.11 Å². The summed E-state index contributed by atoms with van der Waals surface area (Å²) in [5.74, 6) is -0.262. The Hall–Kier alpha value is -1.35. The highest BCUT2D eigenvalue weighted by Crippen LogP contribution is 2.29. The van der Waals surface area contributed by atoms with Gasteiger partial charge in [0.2, 0.25) is 0 Å². The van der Waals surface area contributed by atoms with Gasteiger partial charge in [-0.15, -0.1) is 0 Å². The first-order valence-electron chi connectivity index (χ1n) is 5.70. The summed E-state index contributed by atoms with van der Waals surface area (Å²) in [6.45, 7) is 3.04. The first kappa shape index (κ1) is 11.1. The molecule has 1 unspecified atom stereocenters. The van der Waals surface area contributed by atoms with Crippen molar-refractivity contribution >= 4 is 5.97 Å². The van der Waals surface area contributed by atoms with Gasteiger partial charge in [0.05, 0.1) is 12.7 Å². The van der Waals surface area contributed by atoms with Gasteiger partial charge >= 0.3 is 5.97 Å². The summed E-state index contributed by atoms with van der Waals surface area (Å²) >= 11 is 0. The van der Waals surface area contributed by atoms with Crippen molar-refractivity contribution in [2.24, 2.45) is 0 Å². The molecule has 16 heavy (non-hydrogen) atoms. The quantitative estimate of drug-likeness (QED) is 0.793. The van der Waals surface area contributed by atoms with Crippen molar-refractivity contribution in [2.45, 2.75) is 32.4 Å². The van der Waals surface area contributed by atoms with Crippen LogP contribution in [0.3, 0.4) is 0 Å². The Bertz CT molecular complexity index is 401. The monoisotopic (exact) mass is 219 g/mol. The summed E-state index contributed by atoms with van der Waals surface area (Å²) < 4.78 is 4.71. The van der Waals surface area contributed by atoms with Crippen LogP contribution in [0, 0.1) is 0 Å². The Morgan fingerprint density at radius 3 is 3.06 bits per heavy atom. The van der Waals surface area contributed by atoms with E-state index in [9.17, 15) is 4.79 Å². The van der Waals surface area contributed by atoms with E-state index in [1.165, 1.54) is 18.2 Å². The van der Waals surface area contributed by atoms with Gasteiger partial charge < -0.3 is 10.1 Å². The third-order valence-corrected chi connectivity index (χ3v) is 3.06. The number of benzene rings is 1. The van der Waals surface area contributed by atoms with Crippen molar-refractivity contribution in [3.8, 4) is 0 Å². The maximum atomic E-state index is 11.4. The molecule has 0 aromatic heterocycles. The zero-order valence-electron chi connectivity index (χ0n) is 9.75. The number of hydrogen-bond donors (Lipinski definition) is 1. The van der Waals surface area contributed by atoms with E-state index in [-0.39, 0.29) is 5.97 Å². The molecule has 1 heterocycles. The minimum Gasteiger partial charge on any atom is -0.465 e. The number of fused-ring (bicyclic) bond motifs is 1. The molecule has 1 atom stereocenters. The fourth-order valence-electron chi connectivity index (χ4n) is 2.23. The zero-order chi connectivity index (χ0) is 11.5. The molecule has 1 aromatic rings. The topological polar surface area (TPSA) is 38.3 Å². The highest BCUT2D eigenvalue weighted by Gasteiger charge is 2.21. The normalized spacial score (nSPS) is 18.2. The first-order chi connectivity index (χ1) is 7.76. The number of methoxy groups -OCH3 is 1. The molecule has 1 N–H and O–H groups in total. The SMILES string of the molecule is CCCC1NCc2cc(C(=O)OC)ccc21. The molecular formula is C13H17NO2. The van der Waals surface area contributed by atoms with Crippen LogP contribution in [0.15, 0.2) is 18.2 Å². The minimum atomic E-state index is -0.262. The molecule has 0 radical (unpaired) electrons. The van der Waals surface area contributed by atoms with E-state index in [0.717, 1.165) is 19.4 Å². The Morgan fingerprint density at radius 1 is 1.56 bits per heavy atom. The number of nitrogens with one attached hydrogen (secondary N) is 1. The van der Waals surface area contributed by atoms with Crippen LogP contribution in [0.2, 0.25) is 0 Å².